The predicted molar refractivity (Wildman–Crippen MR) is 49.5 cm³/mol. The molecule has 2 atom stereocenters. The van der Waals surface area contributed by atoms with Gasteiger partial charge in [-0.05, 0) is 13.0 Å². The second kappa shape index (κ2) is 5.16. The van der Waals surface area contributed by atoms with Crippen molar-refractivity contribution >= 4 is 5.97 Å². The topological polar surface area (TPSA) is 87.4 Å². The lowest BCUT2D eigenvalue weighted by molar-refractivity contribution is -0.137. The average Bonchev–Trinajstić information content (AvgIpc) is 2.08. The Kier molecular flexibility index (Phi) is 4.14. The first kappa shape index (κ1) is 10.4. The third-order valence-corrected chi connectivity index (χ3v) is 2.24. The zero-order valence-corrected chi connectivity index (χ0v) is 7.62. The molecule has 1 heterocycles. The Morgan fingerprint density at radius 1 is 1.38 bits per heavy atom. The number of piperazine rings is 1. The second-order valence-electron chi connectivity index (χ2n) is 3.39. The molecule has 0 aromatic rings. The SMILES string of the molecule is NCC[C@H]1CN[C@@H](CC(=O)O)CN1. The van der Waals surface area contributed by atoms with Gasteiger partial charge in [0.2, 0.25) is 0 Å². The van der Waals surface area contributed by atoms with Crippen LogP contribution in [0.5, 0.6) is 0 Å². The monoisotopic (exact) mass is 187 g/mol. The molecule has 0 aliphatic carbocycles. The van der Waals surface area contributed by atoms with E-state index in [1.165, 1.54) is 0 Å². The standard InChI is InChI=1S/C8H17N3O2/c9-2-1-6-4-11-7(5-10-6)3-8(12)13/h6-7,10-11H,1-5,9H2,(H,12,13)/t6-,7-/m0/s1. The highest BCUT2D eigenvalue weighted by atomic mass is 16.4. The maximum Gasteiger partial charge on any atom is 0.304 e. The van der Waals surface area contributed by atoms with Crippen molar-refractivity contribution in [2.45, 2.75) is 24.9 Å². The molecule has 5 nitrogen and oxygen atoms in total. The maximum atomic E-state index is 10.4. The molecule has 76 valence electrons. The zero-order chi connectivity index (χ0) is 9.68. The fourth-order valence-corrected chi connectivity index (χ4v) is 1.52. The predicted octanol–water partition coefficient (Wildman–Crippen LogP) is -1.26. The number of rotatable bonds is 4. The van der Waals surface area contributed by atoms with Gasteiger partial charge in [-0.3, -0.25) is 4.79 Å². The zero-order valence-electron chi connectivity index (χ0n) is 7.62. The molecular formula is C8H17N3O2. The summed E-state index contributed by atoms with van der Waals surface area (Å²) in [4.78, 5) is 10.4. The van der Waals surface area contributed by atoms with Gasteiger partial charge in [0, 0.05) is 25.2 Å². The van der Waals surface area contributed by atoms with E-state index in [1.54, 1.807) is 0 Å². The van der Waals surface area contributed by atoms with Gasteiger partial charge in [-0.25, -0.2) is 0 Å². The van der Waals surface area contributed by atoms with Crippen molar-refractivity contribution in [2.24, 2.45) is 5.73 Å². The first-order valence-corrected chi connectivity index (χ1v) is 4.61. The van der Waals surface area contributed by atoms with Gasteiger partial charge in [0.25, 0.3) is 0 Å². The van der Waals surface area contributed by atoms with Crippen LogP contribution in [0.3, 0.4) is 0 Å². The Hall–Kier alpha value is -0.650. The third kappa shape index (κ3) is 3.71. The van der Waals surface area contributed by atoms with E-state index < -0.39 is 5.97 Å². The summed E-state index contributed by atoms with van der Waals surface area (Å²) in [6.45, 7) is 2.20. The van der Waals surface area contributed by atoms with Gasteiger partial charge in [-0.2, -0.15) is 0 Å². The molecule has 0 saturated carbocycles. The van der Waals surface area contributed by atoms with Crippen molar-refractivity contribution in [3.8, 4) is 0 Å². The molecule has 5 N–H and O–H groups in total. The highest BCUT2D eigenvalue weighted by molar-refractivity contribution is 5.67. The van der Waals surface area contributed by atoms with Gasteiger partial charge < -0.3 is 21.5 Å². The van der Waals surface area contributed by atoms with Crippen LogP contribution < -0.4 is 16.4 Å². The van der Waals surface area contributed by atoms with Gasteiger partial charge in [0.05, 0.1) is 6.42 Å². The number of carboxylic acids is 1. The van der Waals surface area contributed by atoms with E-state index in [1.807, 2.05) is 0 Å². The van der Waals surface area contributed by atoms with Crippen LogP contribution in [-0.4, -0.2) is 42.8 Å². The minimum absolute atomic E-state index is 0.0616. The van der Waals surface area contributed by atoms with E-state index in [2.05, 4.69) is 10.6 Å². The van der Waals surface area contributed by atoms with E-state index in [0.29, 0.717) is 12.6 Å². The van der Waals surface area contributed by atoms with Crippen LogP contribution in [0.15, 0.2) is 0 Å². The fourth-order valence-electron chi connectivity index (χ4n) is 1.52. The molecule has 0 amide bonds. The third-order valence-electron chi connectivity index (χ3n) is 2.24. The molecule has 1 saturated heterocycles. The molecule has 0 aromatic heterocycles. The van der Waals surface area contributed by atoms with Crippen LogP contribution in [-0.2, 0) is 4.79 Å². The molecule has 0 unspecified atom stereocenters. The Balaban J connectivity index is 2.18. The fraction of sp³-hybridized carbons (Fsp3) is 0.875. The minimum Gasteiger partial charge on any atom is -0.481 e. The highest BCUT2D eigenvalue weighted by Crippen LogP contribution is 2.00. The van der Waals surface area contributed by atoms with Gasteiger partial charge in [0.1, 0.15) is 0 Å². The van der Waals surface area contributed by atoms with E-state index >= 15 is 0 Å². The van der Waals surface area contributed by atoms with Crippen molar-refractivity contribution in [2.75, 3.05) is 19.6 Å². The number of aliphatic carboxylic acids is 1. The summed E-state index contributed by atoms with van der Waals surface area (Å²) in [6.07, 6.45) is 1.12. The van der Waals surface area contributed by atoms with Crippen LogP contribution in [0, 0.1) is 0 Å². The summed E-state index contributed by atoms with van der Waals surface area (Å²) in [5.74, 6) is -0.753. The molecule has 0 radical (unpaired) electrons. The minimum atomic E-state index is -0.753. The van der Waals surface area contributed by atoms with Crippen molar-refractivity contribution in [1.82, 2.24) is 10.6 Å². The van der Waals surface area contributed by atoms with Crippen molar-refractivity contribution in [1.29, 1.82) is 0 Å². The summed E-state index contributed by atoms with van der Waals surface area (Å²) in [6, 6.07) is 0.460. The Morgan fingerprint density at radius 2 is 2.00 bits per heavy atom. The van der Waals surface area contributed by atoms with Crippen molar-refractivity contribution < 1.29 is 9.90 Å². The Bertz CT molecular complexity index is 167. The van der Waals surface area contributed by atoms with E-state index in [4.69, 9.17) is 10.8 Å². The first-order valence-electron chi connectivity index (χ1n) is 4.61. The molecule has 0 bridgehead atoms. The summed E-state index contributed by atoms with van der Waals surface area (Å²) in [7, 11) is 0. The Labute approximate surface area is 77.7 Å². The van der Waals surface area contributed by atoms with Crippen LogP contribution in [0.2, 0.25) is 0 Å². The quantitative estimate of drug-likeness (QED) is 0.441. The largest absolute Gasteiger partial charge is 0.481 e. The normalized spacial score (nSPS) is 28.7. The molecule has 5 heteroatoms. The van der Waals surface area contributed by atoms with Crippen LogP contribution in [0.25, 0.3) is 0 Å². The number of hydrogen-bond acceptors (Lipinski definition) is 4. The first-order chi connectivity index (χ1) is 6.22. The van der Waals surface area contributed by atoms with Crippen LogP contribution in [0.1, 0.15) is 12.8 Å². The van der Waals surface area contributed by atoms with E-state index in [0.717, 1.165) is 19.5 Å². The van der Waals surface area contributed by atoms with Gasteiger partial charge in [-0.1, -0.05) is 0 Å². The van der Waals surface area contributed by atoms with Crippen molar-refractivity contribution in [3.63, 3.8) is 0 Å². The second-order valence-corrected chi connectivity index (χ2v) is 3.39. The molecular weight excluding hydrogens is 170 g/mol. The van der Waals surface area contributed by atoms with Gasteiger partial charge >= 0.3 is 5.97 Å². The molecule has 1 aliphatic heterocycles. The highest BCUT2D eigenvalue weighted by Gasteiger charge is 2.20. The average molecular weight is 187 g/mol. The lowest BCUT2D eigenvalue weighted by atomic mass is 10.1. The number of carbonyl (C=O) groups is 1. The molecule has 1 aliphatic rings. The number of carboxylic acid groups (broad SMARTS) is 1. The number of nitrogens with one attached hydrogen (secondary N) is 2. The Morgan fingerprint density at radius 3 is 2.46 bits per heavy atom. The van der Waals surface area contributed by atoms with Gasteiger partial charge in [0.15, 0.2) is 0 Å². The molecule has 0 aromatic carbocycles. The van der Waals surface area contributed by atoms with E-state index in [-0.39, 0.29) is 12.5 Å². The van der Waals surface area contributed by atoms with E-state index in [9.17, 15) is 4.79 Å². The van der Waals surface area contributed by atoms with Crippen molar-refractivity contribution in [3.05, 3.63) is 0 Å². The molecule has 1 rings (SSSR count). The molecule has 0 spiro atoms. The molecule has 13 heavy (non-hydrogen) atoms. The molecule has 1 fully saturated rings. The summed E-state index contributed by atoms with van der Waals surface area (Å²) >= 11 is 0. The summed E-state index contributed by atoms with van der Waals surface area (Å²) in [5, 5.41) is 15.0. The number of hydrogen-bond donors (Lipinski definition) is 4. The smallest absolute Gasteiger partial charge is 0.304 e. The van der Waals surface area contributed by atoms with Gasteiger partial charge in [-0.15, -0.1) is 0 Å². The lowest BCUT2D eigenvalue weighted by Crippen LogP contribution is -2.55. The lowest BCUT2D eigenvalue weighted by Gasteiger charge is -2.30. The summed E-state index contributed by atoms with van der Waals surface area (Å²) < 4.78 is 0. The summed E-state index contributed by atoms with van der Waals surface area (Å²) in [5.41, 5.74) is 5.41. The van der Waals surface area contributed by atoms with Crippen LogP contribution >= 0.6 is 0 Å². The maximum absolute atomic E-state index is 10.4. The number of nitrogens with two attached hydrogens (primary N) is 1. The van der Waals surface area contributed by atoms with Crippen LogP contribution in [0.4, 0.5) is 0 Å².